The molecular formula is C18H20OS. The molecule has 0 radical (unpaired) electrons. The van der Waals surface area contributed by atoms with Crippen LogP contribution in [-0.4, -0.2) is 11.5 Å². The van der Waals surface area contributed by atoms with Gasteiger partial charge in [0.2, 0.25) is 0 Å². The van der Waals surface area contributed by atoms with Crippen LogP contribution in [0.1, 0.15) is 35.3 Å². The van der Waals surface area contributed by atoms with Gasteiger partial charge in [0.15, 0.2) is 5.78 Å². The second-order valence-electron chi connectivity index (χ2n) is 4.73. The average molecular weight is 284 g/mol. The first kappa shape index (κ1) is 14.9. The fraction of sp³-hybridized carbons (Fsp3) is 0.278. The van der Waals surface area contributed by atoms with Gasteiger partial charge in [-0.2, -0.15) is 0 Å². The van der Waals surface area contributed by atoms with Crippen LogP contribution in [0.25, 0.3) is 0 Å². The minimum Gasteiger partial charge on any atom is -0.294 e. The number of Topliss-reactive ketones (excluding diaryl/α,β-unsaturated/α-hetero) is 1. The third kappa shape index (κ3) is 3.97. The molecule has 0 unspecified atom stereocenters. The highest BCUT2D eigenvalue weighted by Crippen LogP contribution is 2.18. The van der Waals surface area contributed by atoms with Gasteiger partial charge in [-0.25, -0.2) is 0 Å². The van der Waals surface area contributed by atoms with Gasteiger partial charge in [-0.05, 0) is 35.4 Å². The predicted molar refractivity (Wildman–Crippen MR) is 86.7 cm³/mol. The number of hydrogen-bond acceptors (Lipinski definition) is 2. The maximum atomic E-state index is 12.2. The molecule has 0 amide bonds. The Bertz CT molecular complexity index is 555. The summed E-state index contributed by atoms with van der Waals surface area (Å²) in [5.74, 6) is 1.24. The second-order valence-corrected chi connectivity index (χ2v) is 6.06. The Balaban J connectivity index is 2.03. The van der Waals surface area contributed by atoms with Crippen LogP contribution in [0.2, 0.25) is 0 Å². The average Bonchev–Trinajstić information content (AvgIpc) is 2.49. The third-order valence-corrected chi connectivity index (χ3v) is 4.18. The van der Waals surface area contributed by atoms with E-state index in [0.717, 1.165) is 23.3 Å². The molecular weight excluding hydrogens is 264 g/mol. The van der Waals surface area contributed by atoms with E-state index >= 15 is 0 Å². The van der Waals surface area contributed by atoms with Gasteiger partial charge in [-0.3, -0.25) is 4.79 Å². The number of ketones is 1. The van der Waals surface area contributed by atoms with Crippen molar-refractivity contribution in [1.29, 1.82) is 0 Å². The van der Waals surface area contributed by atoms with Gasteiger partial charge in [0.25, 0.3) is 0 Å². The molecule has 20 heavy (non-hydrogen) atoms. The summed E-state index contributed by atoms with van der Waals surface area (Å²) >= 11 is 1.79. The highest BCUT2D eigenvalue weighted by atomic mass is 32.2. The van der Waals surface area contributed by atoms with Crippen molar-refractivity contribution in [2.45, 2.75) is 31.6 Å². The molecule has 104 valence electrons. The zero-order chi connectivity index (χ0) is 14.4. The zero-order valence-electron chi connectivity index (χ0n) is 12.1. The van der Waals surface area contributed by atoms with E-state index < -0.39 is 0 Å². The fourth-order valence-electron chi connectivity index (χ4n) is 2.08. The van der Waals surface area contributed by atoms with Crippen LogP contribution in [0.15, 0.2) is 53.4 Å². The molecule has 0 aliphatic heterocycles. The highest BCUT2D eigenvalue weighted by Gasteiger charge is 2.07. The summed E-state index contributed by atoms with van der Waals surface area (Å²) in [5, 5.41) is 0. The minimum absolute atomic E-state index is 0.183. The largest absolute Gasteiger partial charge is 0.294 e. The number of aryl methyl sites for hydroxylation is 1. The van der Waals surface area contributed by atoms with E-state index in [-0.39, 0.29) is 5.78 Å². The smallest absolute Gasteiger partial charge is 0.167 e. The van der Waals surface area contributed by atoms with E-state index in [1.165, 1.54) is 10.5 Å². The molecule has 0 saturated heterocycles. The van der Waals surface area contributed by atoms with Crippen LogP contribution in [0.5, 0.6) is 0 Å². The predicted octanol–water partition coefficient (Wildman–Crippen LogP) is 4.79. The van der Waals surface area contributed by atoms with E-state index in [2.05, 4.69) is 38.1 Å². The SMILES string of the molecule is CCSc1ccc(C(=O)Cc2ccc(CC)cc2)cc1. The molecule has 2 rings (SSSR count). The number of rotatable bonds is 6. The molecule has 2 aromatic rings. The van der Waals surface area contributed by atoms with Crippen molar-refractivity contribution in [2.24, 2.45) is 0 Å². The number of carbonyl (C=O) groups excluding carboxylic acids is 1. The van der Waals surface area contributed by atoms with E-state index in [4.69, 9.17) is 0 Å². The lowest BCUT2D eigenvalue weighted by Gasteiger charge is -2.04. The van der Waals surface area contributed by atoms with Crippen LogP contribution in [0.3, 0.4) is 0 Å². The topological polar surface area (TPSA) is 17.1 Å². The van der Waals surface area contributed by atoms with Crippen LogP contribution >= 0.6 is 11.8 Å². The Morgan fingerprint density at radius 3 is 2.05 bits per heavy atom. The van der Waals surface area contributed by atoms with E-state index in [1.54, 1.807) is 11.8 Å². The van der Waals surface area contributed by atoms with Crippen molar-refractivity contribution >= 4 is 17.5 Å². The maximum Gasteiger partial charge on any atom is 0.167 e. The van der Waals surface area contributed by atoms with Gasteiger partial charge >= 0.3 is 0 Å². The van der Waals surface area contributed by atoms with Gasteiger partial charge in [-0.15, -0.1) is 11.8 Å². The lowest BCUT2D eigenvalue weighted by molar-refractivity contribution is 0.0993. The number of thioether (sulfide) groups is 1. The summed E-state index contributed by atoms with van der Waals surface area (Å²) in [6.45, 7) is 4.26. The van der Waals surface area contributed by atoms with Crippen LogP contribution in [0, 0.1) is 0 Å². The molecule has 2 heteroatoms. The van der Waals surface area contributed by atoms with E-state index in [0.29, 0.717) is 6.42 Å². The van der Waals surface area contributed by atoms with Gasteiger partial charge < -0.3 is 0 Å². The lowest BCUT2D eigenvalue weighted by atomic mass is 10.0. The molecule has 1 nitrogen and oxygen atoms in total. The molecule has 0 N–H and O–H groups in total. The van der Waals surface area contributed by atoms with Crippen molar-refractivity contribution in [1.82, 2.24) is 0 Å². The minimum atomic E-state index is 0.183. The molecule has 0 fully saturated rings. The van der Waals surface area contributed by atoms with Gasteiger partial charge in [-0.1, -0.05) is 50.2 Å². The first-order valence-corrected chi connectivity index (χ1v) is 8.05. The summed E-state index contributed by atoms with van der Waals surface area (Å²) in [7, 11) is 0. The Hall–Kier alpha value is -1.54. The van der Waals surface area contributed by atoms with Crippen LogP contribution < -0.4 is 0 Å². The van der Waals surface area contributed by atoms with Crippen LogP contribution in [0.4, 0.5) is 0 Å². The second kappa shape index (κ2) is 7.30. The summed E-state index contributed by atoms with van der Waals surface area (Å²) in [6.07, 6.45) is 1.51. The summed E-state index contributed by atoms with van der Waals surface area (Å²) < 4.78 is 0. The molecule has 0 heterocycles. The van der Waals surface area contributed by atoms with Crippen LogP contribution in [-0.2, 0) is 12.8 Å². The molecule has 2 aromatic carbocycles. The van der Waals surface area contributed by atoms with E-state index in [1.807, 2.05) is 24.3 Å². The molecule has 0 aliphatic rings. The Morgan fingerprint density at radius 1 is 0.900 bits per heavy atom. The summed E-state index contributed by atoms with van der Waals surface area (Å²) in [6, 6.07) is 16.2. The number of hydrogen-bond donors (Lipinski definition) is 0. The quantitative estimate of drug-likeness (QED) is 0.560. The third-order valence-electron chi connectivity index (χ3n) is 3.28. The summed E-state index contributed by atoms with van der Waals surface area (Å²) in [4.78, 5) is 13.4. The van der Waals surface area contributed by atoms with Gasteiger partial charge in [0.1, 0.15) is 0 Å². The lowest BCUT2D eigenvalue weighted by Crippen LogP contribution is -2.03. The number of carbonyl (C=O) groups is 1. The molecule has 0 spiro atoms. The standard InChI is InChI=1S/C18H20OS/c1-3-14-5-7-15(8-6-14)13-18(19)16-9-11-17(12-10-16)20-4-2/h5-12H,3-4,13H2,1-2H3. The monoisotopic (exact) mass is 284 g/mol. The first-order chi connectivity index (χ1) is 9.72. The van der Waals surface area contributed by atoms with Gasteiger partial charge in [0.05, 0.1) is 0 Å². The zero-order valence-corrected chi connectivity index (χ0v) is 12.9. The van der Waals surface area contributed by atoms with Crippen molar-refractivity contribution in [3.8, 4) is 0 Å². The molecule has 0 atom stereocenters. The molecule has 0 aromatic heterocycles. The van der Waals surface area contributed by atoms with Crippen molar-refractivity contribution in [2.75, 3.05) is 5.75 Å². The van der Waals surface area contributed by atoms with Crippen molar-refractivity contribution in [3.63, 3.8) is 0 Å². The van der Waals surface area contributed by atoms with E-state index in [9.17, 15) is 4.79 Å². The molecule has 0 saturated carbocycles. The maximum absolute atomic E-state index is 12.2. The Kier molecular flexibility index (Phi) is 5.42. The Labute approximate surface area is 125 Å². The highest BCUT2D eigenvalue weighted by molar-refractivity contribution is 7.99. The van der Waals surface area contributed by atoms with Crippen molar-refractivity contribution in [3.05, 3.63) is 65.2 Å². The Morgan fingerprint density at radius 2 is 1.50 bits per heavy atom. The summed E-state index contributed by atoms with van der Waals surface area (Å²) in [5.41, 5.74) is 3.19. The number of benzene rings is 2. The fourth-order valence-corrected chi connectivity index (χ4v) is 2.75. The van der Waals surface area contributed by atoms with Gasteiger partial charge in [0, 0.05) is 16.9 Å². The first-order valence-electron chi connectivity index (χ1n) is 7.06. The molecule has 0 aliphatic carbocycles. The molecule has 0 bridgehead atoms. The van der Waals surface area contributed by atoms with Crippen molar-refractivity contribution < 1.29 is 4.79 Å². The normalized spacial score (nSPS) is 10.5.